The van der Waals surface area contributed by atoms with Crippen LogP contribution < -0.4 is 0 Å². The minimum atomic E-state index is -0.435. The fourth-order valence-corrected chi connectivity index (χ4v) is 0.643. The molecule has 0 aliphatic heterocycles. The molecule has 4 nitrogen and oxygen atoms in total. The Hall–Kier alpha value is -1.03. The number of rotatable bonds is 5. The zero-order valence-electron chi connectivity index (χ0n) is 7.62. The highest BCUT2D eigenvalue weighted by atomic mass is 16.5. The normalized spacial score (nSPS) is 11.1. The lowest BCUT2D eigenvalue weighted by molar-refractivity contribution is -0.135. The molecule has 0 radical (unpaired) electrons. The molecule has 0 aliphatic rings. The van der Waals surface area contributed by atoms with Crippen LogP contribution in [0.5, 0.6) is 0 Å². The van der Waals surface area contributed by atoms with Crippen LogP contribution in [-0.4, -0.2) is 33.4 Å². The van der Waals surface area contributed by atoms with Crippen LogP contribution in [0.15, 0.2) is 11.8 Å². The third kappa shape index (κ3) is 4.73. The van der Waals surface area contributed by atoms with Crippen LogP contribution in [0.25, 0.3) is 0 Å². The van der Waals surface area contributed by atoms with E-state index in [1.807, 2.05) is 6.92 Å². The van der Waals surface area contributed by atoms with Crippen molar-refractivity contribution < 1.29 is 19.0 Å². The predicted molar refractivity (Wildman–Crippen MR) is 43.6 cm³/mol. The maximum Gasteiger partial charge on any atom is 0.333 e. The lowest BCUT2D eigenvalue weighted by Crippen LogP contribution is -2.04. The van der Waals surface area contributed by atoms with Gasteiger partial charge in [0.2, 0.25) is 0 Å². The van der Waals surface area contributed by atoms with Crippen molar-refractivity contribution in [2.24, 2.45) is 0 Å². The minimum Gasteiger partial charge on any atom is -0.495 e. The van der Waals surface area contributed by atoms with Gasteiger partial charge in [-0.15, -0.1) is 0 Å². The van der Waals surface area contributed by atoms with Crippen LogP contribution in [0, 0.1) is 0 Å². The number of hydrogen-bond acceptors (Lipinski definition) is 4. The van der Waals surface area contributed by atoms with E-state index in [1.165, 1.54) is 20.3 Å². The monoisotopic (exact) mass is 174 g/mol. The molecule has 12 heavy (non-hydrogen) atoms. The standard InChI is InChI=1S/C8H14O4/c1-4-12-7(6-10-2)5-8(9)11-3/h5H,4,6H2,1-3H3/b7-5-. The minimum absolute atomic E-state index is 0.281. The van der Waals surface area contributed by atoms with E-state index in [1.54, 1.807) is 0 Å². The van der Waals surface area contributed by atoms with Gasteiger partial charge in [-0.3, -0.25) is 0 Å². The molecular weight excluding hydrogens is 160 g/mol. The molecule has 0 rings (SSSR count). The van der Waals surface area contributed by atoms with Crippen LogP contribution in [0.3, 0.4) is 0 Å². The van der Waals surface area contributed by atoms with Crippen molar-refractivity contribution in [3.05, 3.63) is 11.8 Å². The molecule has 0 saturated heterocycles. The topological polar surface area (TPSA) is 44.8 Å². The Kier molecular flexibility index (Phi) is 6.09. The molecule has 0 unspecified atom stereocenters. The molecule has 0 N–H and O–H groups in total. The average molecular weight is 174 g/mol. The summed E-state index contributed by atoms with van der Waals surface area (Å²) in [7, 11) is 2.85. The predicted octanol–water partition coefficient (Wildman–Crippen LogP) is 0.726. The first-order valence-corrected chi connectivity index (χ1v) is 3.64. The molecular formula is C8H14O4. The van der Waals surface area contributed by atoms with E-state index in [0.29, 0.717) is 12.4 Å². The Bertz CT molecular complexity index is 154. The lowest BCUT2D eigenvalue weighted by atomic mass is 10.4. The molecule has 0 saturated carbocycles. The molecule has 0 aromatic rings. The molecule has 0 aliphatic carbocycles. The number of methoxy groups -OCH3 is 2. The number of carbonyl (C=O) groups excluding carboxylic acids is 1. The summed E-state index contributed by atoms with van der Waals surface area (Å²) in [5, 5.41) is 0. The Morgan fingerprint density at radius 2 is 2.08 bits per heavy atom. The van der Waals surface area contributed by atoms with Crippen molar-refractivity contribution in [2.45, 2.75) is 6.92 Å². The second-order valence-electron chi connectivity index (χ2n) is 2.00. The van der Waals surface area contributed by atoms with Crippen molar-refractivity contribution >= 4 is 5.97 Å². The maximum atomic E-state index is 10.7. The van der Waals surface area contributed by atoms with E-state index >= 15 is 0 Å². The molecule has 0 aromatic heterocycles. The van der Waals surface area contributed by atoms with Crippen molar-refractivity contribution in [3.8, 4) is 0 Å². The average Bonchev–Trinajstić information content (AvgIpc) is 2.05. The first kappa shape index (κ1) is 11.0. The smallest absolute Gasteiger partial charge is 0.333 e. The van der Waals surface area contributed by atoms with Gasteiger partial charge in [0.15, 0.2) is 0 Å². The van der Waals surface area contributed by atoms with Gasteiger partial charge in [0.25, 0.3) is 0 Å². The van der Waals surface area contributed by atoms with Crippen molar-refractivity contribution in [1.82, 2.24) is 0 Å². The molecule has 4 heteroatoms. The highest BCUT2D eigenvalue weighted by Gasteiger charge is 2.01. The van der Waals surface area contributed by atoms with Crippen LogP contribution in [0.2, 0.25) is 0 Å². The molecule has 70 valence electrons. The molecule has 0 aromatic carbocycles. The fourth-order valence-electron chi connectivity index (χ4n) is 0.643. The highest BCUT2D eigenvalue weighted by molar-refractivity contribution is 5.82. The van der Waals surface area contributed by atoms with Gasteiger partial charge in [0.1, 0.15) is 12.4 Å². The zero-order valence-corrected chi connectivity index (χ0v) is 7.62. The fraction of sp³-hybridized carbons (Fsp3) is 0.625. The van der Waals surface area contributed by atoms with Gasteiger partial charge >= 0.3 is 5.97 Å². The Morgan fingerprint density at radius 1 is 1.42 bits per heavy atom. The molecule has 0 fully saturated rings. The summed E-state index contributed by atoms with van der Waals surface area (Å²) in [5.41, 5.74) is 0. The number of carbonyl (C=O) groups is 1. The van der Waals surface area contributed by atoms with Gasteiger partial charge < -0.3 is 14.2 Å². The summed E-state index contributed by atoms with van der Waals surface area (Å²) in [6, 6.07) is 0. The Labute approximate surface area is 72.1 Å². The van der Waals surface area contributed by atoms with Crippen molar-refractivity contribution in [3.63, 3.8) is 0 Å². The summed E-state index contributed by atoms with van der Waals surface area (Å²) in [4.78, 5) is 10.7. The maximum absolute atomic E-state index is 10.7. The van der Waals surface area contributed by atoms with E-state index in [0.717, 1.165) is 0 Å². The van der Waals surface area contributed by atoms with E-state index in [9.17, 15) is 4.79 Å². The number of esters is 1. The second kappa shape index (κ2) is 6.67. The van der Waals surface area contributed by atoms with Gasteiger partial charge in [-0.2, -0.15) is 0 Å². The third-order valence-electron chi connectivity index (χ3n) is 1.10. The van der Waals surface area contributed by atoms with Crippen molar-refractivity contribution in [1.29, 1.82) is 0 Å². The molecule has 0 heterocycles. The van der Waals surface area contributed by atoms with E-state index in [2.05, 4.69) is 4.74 Å². The first-order chi connectivity index (χ1) is 5.74. The third-order valence-corrected chi connectivity index (χ3v) is 1.10. The largest absolute Gasteiger partial charge is 0.495 e. The Morgan fingerprint density at radius 3 is 2.50 bits per heavy atom. The van der Waals surface area contributed by atoms with Gasteiger partial charge in [0.05, 0.1) is 19.8 Å². The molecule has 0 amide bonds. The molecule has 0 spiro atoms. The van der Waals surface area contributed by atoms with Crippen LogP contribution in [0.4, 0.5) is 0 Å². The highest BCUT2D eigenvalue weighted by Crippen LogP contribution is 1.97. The summed E-state index contributed by atoms with van der Waals surface area (Å²) in [6.45, 7) is 2.62. The summed E-state index contributed by atoms with van der Waals surface area (Å²) < 4.78 is 14.3. The van der Waals surface area contributed by atoms with Crippen molar-refractivity contribution in [2.75, 3.05) is 27.4 Å². The van der Waals surface area contributed by atoms with Gasteiger partial charge in [0, 0.05) is 7.11 Å². The zero-order chi connectivity index (χ0) is 9.40. The van der Waals surface area contributed by atoms with E-state index < -0.39 is 5.97 Å². The molecule has 0 bridgehead atoms. The lowest BCUT2D eigenvalue weighted by Gasteiger charge is -2.06. The van der Waals surface area contributed by atoms with E-state index in [-0.39, 0.29) is 6.61 Å². The summed E-state index contributed by atoms with van der Waals surface area (Å²) in [5.74, 6) is 0.0438. The van der Waals surface area contributed by atoms with Crippen LogP contribution >= 0.6 is 0 Å². The first-order valence-electron chi connectivity index (χ1n) is 3.64. The van der Waals surface area contributed by atoms with Crippen LogP contribution in [-0.2, 0) is 19.0 Å². The number of ether oxygens (including phenoxy) is 3. The second-order valence-corrected chi connectivity index (χ2v) is 2.00. The Balaban J connectivity index is 4.06. The number of hydrogen-bond donors (Lipinski definition) is 0. The van der Waals surface area contributed by atoms with Gasteiger partial charge in [-0.05, 0) is 6.92 Å². The van der Waals surface area contributed by atoms with Gasteiger partial charge in [-0.25, -0.2) is 4.79 Å². The summed E-state index contributed by atoms with van der Waals surface area (Å²) in [6.07, 6.45) is 1.27. The quantitative estimate of drug-likeness (QED) is 0.350. The summed E-state index contributed by atoms with van der Waals surface area (Å²) >= 11 is 0. The van der Waals surface area contributed by atoms with E-state index in [4.69, 9.17) is 9.47 Å². The van der Waals surface area contributed by atoms with Gasteiger partial charge in [-0.1, -0.05) is 0 Å². The SMILES string of the molecule is CCO/C(=C\C(=O)OC)COC. The molecule has 0 atom stereocenters. The van der Waals surface area contributed by atoms with Crippen LogP contribution in [0.1, 0.15) is 6.92 Å².